The highest BCUT2D eigenvalue weighted by Crippen LogP contribution is 2.42. The first-order valence-corrected chi connectivity index (χ1v) is 15.1. The standard InChI is InChI=1S/C33H33F6N3O5/c1-19-30(21-15-22(32(34,35)36)17-23(16-21)33(37,38)39)47-31(45)42(19)18-26-24(8-10-28(40-26)41-12-4-3-5-13-41)25-14-20(7-11-29(43)44)6-9-27(25)46-2/h6,8-10,14-17,19,30H,3-5,7,11-13,18H2,1-2H3,(H,43,44). The summed E-state index contributed by atoms with van der Waals surface area (Å²) in [5.74, 6) is 0.139. The van der Waals surface area contributed by atoms with E-state index >= 15 is 0 Å². The highest BCUT2D eigenvalue weighted by Gasteiger charge is 2.43. The highest BCUT2D eigenvalue weighted by molar-refractivity contribution is 5.76. The smallest absolute Gasteiger partial charge is 0.416 e. The number of methoxy groups -OCH3 is 1. The molecule has 252 valence electrons. The summed E-state index contributed by atoms with van der Waals surface area (Å²) >= 11 is 0. The topological polar surface area (TPSA) is 92.2 Å². The average Bonchev–Trinajstić information content (AvgIpc) is 3.31. The van der Waals surface area contributed by atoms with Crippen LogP contribution in [0.25, 0.3) is 11.1 Å². The van der Waals surface area contributed by atoms with Gasteiger partial charge in [-0.25, -0.2) is 9.78 Å². The van der Waals surface area contributed by atoms with Gasteiger partial charge in [0.1, 0.15) is 17.7 Å². The van der Waals surface area contributed by atoms with Crippen LogP contribution in [0, 0.1) is 0 Å². The Morgan fingerprint density at radius 2 is 1.62 bits per heavy atom. The van der Waals surface area contributed by atoms with Crippen LogP contribution in [0.4, 0.5) is 37.0 Å². The summed E-state index contributed by atoms with van der Waals surface area (Å²) in [7, 11) is 1.47. The molecule has 2 aromatic carbocycles. The number of carbonyl (C=O) groups is 2. The van der Waals surface area contributed by atoms with Crippen molar-refractivity contribution in [2.75, 3.05) is 25.1 Å². The van der Waals surface area contributed by atoms with E-state index in [0.717, 1.165) is 32.4 Å². The molecule has 1 N–H and O–H groups in total. The molecule has 47 heavy (non-hydrogen) atoms. The summed E-state index contributed by atoms with van der Waals surface area (Å²) in [6, 6.07) is 9.08. The molecular formula is C33H33F6N3O5. The molecule has 3 heterocycles. The van der Waals surface area contributed by atoms with Crippen LogP contribution in [-0.2, 0) is 34.8 Å². The number of alkyl halides is 6. The van der Waals surface area contributed by atoms with E-state index in [0.29, 0.717) is 46.1 Å². The molecule has 8 nitrogen and oxygen atoms in total. The number of rotatable bonds is 9. The van der Waals surface area contributed by atoms with Gasteiger partial charge in [-0.1, -0.05) is 6.07 Å². The lowest BCUT2D eigenvalue weighted by Crippen LogP contribution is -2.33. The van der Waals surface area contributed by atoms with Crippen molar-refractivity contribution in [2.45, 2.75) is 70.1 Å². The number of piperidine rings is 1. The zero-order chi connectivity index (χ0) is 34.1. The first-order valence-electron chi connectivity index (χ1n) is 15.1. The molecule has 3 aromatic rings. The first kappa shape index (κ1) is 33.9. The number of cyclic esters (lactones) is 1. The number of carbonyl (C=O) groups excluding carboxylic acids is 1. The van der Waals surface area contributed by atoms with Gasteiger partial charge in [0.05, 0.1) is 36.5 Å². The Balaban J connectivity index is 1.55. The number of halogens is 6. The van der Waals surface area contributed by atoms with Crippen molar-refractivity contribution in [3.05, 3.63) is 76.5 Å². The van der Waals surface area contributed by atoms with E-state index in [2.05, 4.69) is 4.90 Å². The fraction of sp³-hybridized carbons (Fsp3) is 0.424. The molecule has 0 spiro atoms. The molecular weight excluding hydrogens is 632 g/mol. The quantitative estimate of drug-likeness (QED) is 0.233. The van der Waals surface area contributed by atoms with Crippen molar-refractivity contribution in [3.8, 4) is 16.9 Å². The van der Waals surface area contributed by atoms with Gasteiger partial charge in [-0.3, -0.25) is 9.69 Å². The fourth-order valence-electron chi connectivity index (χ4n) is 5.99. The Labute approximate surface area is 266 Å². The lowest BCUT2D eigenvalue weighted by atomic mass is 9.96. The van der Waals surface area contributed by atoms with Gasteiger partial charge in [0.15, 0.2) is 0 Å². The molecule has 0 saturated carbocycles. The molecule has 1 aromatic heterocycles. The van der Waals surface area contributed by atoms with Gasteiger partial charge in [0, 0.05) is 30.6 Å². The number of nitrogens with zero attached hydrogens (tertiary/aromatic N) is 3. The van der Waals surface area contributed by atoms with Gasteiger partial charge in [-0.05, 0) is 86.2 Å². The Bertz CT molecular complexity index is 1610. The number of aromatic nitrogens is 1. The van der Waals surface area contributed by atoms with Crippen molar-refractivity contribution in [3.63, 3.8) is 0 Å². The maximum atomic E-state index is 13.6. The van der Waals surface area contributed by atoms with Gasteiger partial charge in [-0.15, -0.1) is 0 Å². The average molecular weight is 666 g/mol. The monoisotopic (exact) mass is 665 g/mol. The fourth-order valence-corrected chi connectivity index (χ4v) is 5.99. The minimum atomic E-state index is -5.06. The zero-order valence-electron chi connectivity index (χ0n) is 25.6. The first-order chi connectivity index (χ1) is 22.2. The van der Waals surface area contributed by atoms with Crippen LogP contribution < -0.4 is 9.64 Å². The van der Waals surface area contributed by atoms with E-state index in [1.807, 2.05) is 12.1 Å². The molecule has 5 rings (SSSR count). The van der Waals surface area contributed by atoms with Crippen LogP contribution >= 0.6 is 0 Å². The van der Waals surface area contributed by atoms with Gasteiger partial charge in [0.2, 0.25) is 0 Å². The van der Waals surface area contributed by atoms with E-state index in [1.54, 1.807) is 18.2 Å². The third-order valence-corrected chi connectivity index (χ3v) is 8.47. The number of hydrogen-bond donors (Lipinski definition) is 1. The maximum absolute atomic E-state index is 13.6. The molecule has 0 radical (unpaired) electrons. The van der Waals surface area contributed by atoms with Gasteiger partial charge in [0.25, 0.3) is 0 Å². The summed E-state index contributed by atoms with van der Waals surface area (Å²) in [6.07, 6.45) is -9.32. The van der Waals surface area contributed by atoms with Crippen molar-refractivity contribution < 1.29 is 50.5 Å². The maximum Gasteiger partial charge on any atom is 0.416 e. The summed E-state index contributed by atoms with van der Waals surface area (Å²) < 4.78 is 92.6. The molecule has 2 aliphatic rings. The van der Waals surface area contributed by atoms with Gasteiger partial charge >= 0.3 is 24.4 Å². The number of aliphatic carboxylic acids is 1. The second-order valence-corrected chi connectivity index (χ2v) is 11.7. The molecule has 14 heteroatoms. The molecule has 2 aliphatic heterocycles. The molecule has 2 saturated heterocycles. The van der Waals surface area contributed by atoms with Gasteiger partial charge in [-0.2, -0.15) is 26.3 Å². The molecule has 2 fully saturated rings. The number of benzene rings is 2. The number of ether oxygens (including phenoxy) is 2. The normalized spacial score (nSPS) is 18.8. The number of aryl methyl sites for hydroxylation is 1. The van der Waals surface area contributed by atoms with Crippen LogP contribution in [0.15, 0.2) is 48.5 Å². The zero-order valence-corrected chi connectivity index (χ0v) is 25.6. The second-order valence-electron chi connectivity index (χ2n) is 11.7. The van der Waals surface area contributed by atoms with E-state index in [9.17, 15) is 41.0 Å². The van der Waals surface area contributed by atoms with E-state index in [-0.39, 0.29) is 25.5 Å². The molecule has 0 bridgehead atoms. The molecule has 0 aliphatic carbocycles. The van der Waals surface area contributed by atoms with Crippen LogP contribution in [0.1, 0.15) is 66.7 Å². The van der Waals surface area contributed by atoms with Crippen molar-refractivity contribution in [1.82, 2.24) is 9.88 Å². The lowest BCUT2D eigenvalue weighted by Gasteiger charge is -2.29. The minimum absolute atomic E-state index is 0.0307. The Morgan fingerprint density at radius 3 is 2.21 bits per heavy atom. The Morgan fingerprint density at radius 1 is 0.957 bits per heavy atom. The van der Waals surface area contributed by atoms with Crippen molar-refractivity contribution >= 4 is 17.9 Å². The summed E-state index contributed by atoms with van der Waals surface area (Å²) in [5, 5.41) is 9.18. The third-order valence-electron chi connectivity index (χ3n) is 8.47. The Hall–Kier alpha value is -4.49. The number of anilines is 1. The summed E-state index contributed by atoms with van der Waals surface area (Å²) in [6.45, 7) is 2.84. The SMILES string of the molecule is COc1ccc(CCC(=O)O)cc1-c1ccc(N2CCCCC2)nc1CN1C(=O)OC(c2cc(C(F)(F)F)cc(C(F)(F)F)c2)C1C. The number of carboxylic acids is 1. The number of pyridine rings is 1. The minimum Gasteiger partial charge on any atom is -0.496 e. The highest BCUT2D eigenvalue weighted by atomic mass is 19.4. The second kappa shape index (κ2) is 13.3. The van der Waals surface area contributed by atoms with Gasteiger partial charge < -0.3 is 19.5 Å². The number of hydrogen-bond acceptors (Lipinski definition) is 6. The largest absolute Gasteiger partial charge is 0.496 e. The van der Waals surface area contributed by atoms with Crippen LogP contribution in [0.2, 0.25) is 0 Å². The van der Waals surface area contributed by atoms with E-state index in [1.165, 1.54) is 18.9 Å². The number of carboxylic acid groups (broad SMARTS) is 1. The Kier molecular flexibility index (Phi) is 9.60. The van der Waals surface area contributed by atoms with Crippen LogP contribution in [0.3, 0.4) is 0 Å². The third kappa shape index (κ3) is 7.57. The summed E-state index contributed by atoms with van der Waals surface area (Å²) in [5.41, 5.74) is -1.19. The predicted molar refractivity (Wildman–Crippen MR) is 159 cm³/mol. The molecule has 2 unspecified atom stereocenters. The van der Waals surface area contributed by atoms with E-state index in [4.69, 9.17) is 14.5 Å². The van der Waals surface area contributed by atoms with Crippen molar-refractivity contribution in [1.29, 1.82) is 0 Å². The van der Waals surface area contributed by atoms with E-state index < -0.39 is 53.3 Å². The molecule has 2 atom stereocenters. The molecule has 1 amide bonds. The van der Waals surface area contributed by atoms with Crippen molar-refractivity contribution in [2.24, 2.45) is 0 Å². The van der Waals surface area contributed by atoms with Crippen LogP contribution in [0.5, 0.6) is 5.75 Å². The predicted octanol–water partition coefficient (Wildman–Crippen LogP) is 7.88. The number of amides is 1. The lowest BCUT2D eigenvalue weighted by molar-refractivity contribution is -0.143. The summed E-state index contributed by atoms with van der Waals surface area (Å²) in [4.78, 5) is 32.7. The van der Waals surface area contributed by atoms with Crippen LogP contribution in [-0.4, -0.2) is 53.3 Å².